The second-order valence-electron chi connectivity index (χ2n) is 8.98. The molecule has 0 spiro atoms. The zero-order valence-electron chi connectivity index (χ0n) is 18.4. The predicted molar refractivity (Wildman–Crippen MR) is 118 cm³/mol. The number of amides is 1. The largest absolute Gasteiger partial charge is 0.465 e. The maximum atomic E-state index is 11.3. The molecule has 5 rings (SSSR count). The quantitative estimate of drug-likeness (QED) is 0.684. The smallest absolute Gasteiger partial charge is 0.407 e. The average Bonchev–Trinajstić information content (AvgIpc) is 3.57. The van der Waals surface area contributed by atoms with Gasteiger partial charge in [-0.3, -0.25) is 0 Å². The molecule has 0 radical (unpaired) electrons. The molecule has 174 valence electrons. The number of benzene rings is 1. The van der Waals surface area contributed by atoms with Gasteiger partial charge in [0.05, 0.1) is 25.4 Å². The van der Waals surface area contributed by atoms with Crippen molar-refractivity contribution in [2.45, 2.75) is 62.4 Å². The summed E-state index contributed by atoms with van der Waals surface area (Å²) in [7, 11) is 0. The van der Waals surface area contributed by atoms with Crippen molar-refractivity contribution in [1.29, 1.82) is 0 Å². The Balaban J connectivity index is 0.000000186. The molecule has 3 saturated heterocycles. The van der Waals surface area contributed by atoms with Gasteiger partial charge in [0.15, 0.2) is 0 Å². The van der Waals surface area contributed by atoms with Crippen LogP contribution in [0.25, 0.3) is 0 Å². The Kier molecular flexibility index (Phi) is 7.69. The lowest BCUT2D eigenvalue weighted by Gasteiger charge is -2.39. The molecule has 2 N–H and O–H groups in total. The van der Waals surface area contributed by atoms with Crippen LogP contribution in [0, 0.1) is 17.8 Å². The molecule has 3 aliphatic heterocycles. The number of rotatable bonds is 2. The molecule has 1 aromatic rings. The maximum Gasteiger partial charge on any atom is 0.407 e. The van der Waals surface area contributed by atoms with Crippen LogP contribution in [0.15, 0.2) is 30.3 Å². The van der Waals surface area contributed by atoms with E-state index >= 15 is 0 Å². The molecular formula is C25H33NO6. The monoisotopic (exact) mass is 443 g/mol. The van der Waals surface area contributed by atoms with Gasteiger partial charge in [-0.1, -0.05) is 30.0 Å². The van der Waals surface area contributed by atoms with E-state index in [1.54, 1.807) is 0 Å². The first-order valence-corrected chi connectivity index (χ1v) is 11.7. The number of fused-ring (bicyclic) bond motifs is 1. The highest BCUT2D eigenvalue weighted by molar-refractivity contribution is 5.66. The van der Waals surface area contributed by atoms with Gasteiger partial charge in [0.25, 0.3) is 0 Å². The molecule has 0 aromatic heterocycles. The van der Waals surface area contributed by atoms with Crippen LogP contribution in [-0.4, -0.2) is 78.0 Å². The number of carboxylic acid groups (broad SMARTS) is 1. The van der Waals surface area contributed by atoms with Crippen molar-refractivity contribution >= 4 is 6.09 Å². The summed E-state index contributed by atoms with van der Waals surface area (Å²) in [6.45, 7) is 3.77. The molecule has 1 aliphatic carbocycles. The van der Waals surface area contributed by atoms with Crippen molar-refractivity contribution in [2.24, 2.45) is 5.92 Å². The first-order valence-electron chi connectivity index (χ1n) is 11.7. The van der Waals surface area contributed by atoms with Gasteiger partial charge in [-0.05, 0) is 50.7 Å². The van der Waals surface area contributed by atoms with Gasteiger partial charge in [-0.2, -0.15) is 0 Å². The molecule has 3 unspecified atom stereocenters. The summed E-state index contributed by atoms with van der Waals surface area (Å²) < 4.78 is 16.1. The molecule has 7 nitrogen and oxygen atoms in total. The van der Waals surface area contributed by atoms with Gasteiger partial charge in [-0.15, -0.1) is 0 Å². The highest BCUT2D eigenvalue weighted by Crippen LogP contribution is 2.42. The Morgan fingerprint density at radius 3 is 2.34 bits per heavy atom. The number of carbonyl (C=O) groups is 1. The van der Waals surface area contributed by atoms with Gasteiger partial charge in [-0.25, -0.2) is 4.79 Å². The van der Waals surface area contributed by atoms with Crippen molar-refractivity contribution in [3.05, 3.63) is 35.9 Å². The third-order valence-electron chi connectivity index (χ3n) is 6.82. The van der Waals surface area contributed by atoms with E-state index in [1.807, 2.05) is 30.3 Å². The number of likely N-dealkylation sites (tertiary alicyclic amines) is 1. The number of hydrogen-bond acceptors (Lipinski definition) is 5. The van der Waals surface area contributed by atoms with Crippen LogP contribution < -0.4 is 0 Å². The number of hydrogen-bond donors (Lipinski definition) is 2. The minimum absolute atomic E-state index is 0.0708. The summed E-state index contributed by atoms with van der Waals surface area (Å²) in [5.74, 6) is 6.01. The molecule has 0 bridgehead atoms. The summed E-state index contributed by atoms with van der Waals surface area (Å²) in [4.78, 5) is 12.7. The SMILES string of the molecule is C1C[C@@H](O[C@@H]2CCOC2)CO1.O=C(O)N1CCC2C1CCCC2(O)C#Cc1ccccc1. The van der Waals surface area contributed by atoms with Crippen LogP contribution in [0.5, 0.6) is 0 Å². The summed E-state index contributed by atoms with van der Waals surface area (Å²) >= 11 is 0. The van der Waals surface area contributed by atoms with Crippen LogP contribution in [0.4, 0.5) is 4.79 Å². The van der Waals surface area contributed by atoms with Crippen molar-refractivity contribution < 1.29 is 29.2 Å². The van der Waals surface area contributed by atoms with Gasteiger partial charge < -0.3 is 29.3 Å². The van der Waals surface area contributed by atoms with Gasteiger partial charge in [0, 0.05) is 37.3 Å². The van der Waals surface area contributed by atoms with Crippen molar-refractivity contribution in [1.82, 2.24) is 4.90 Å². The summed E-state index contributed by atoms with van der Waals surface area (Å²) in [6, 6.07) is 9.49. The Hall–Kier alpha value is -2.11. The van der Waals surface area contributed by atoms with Gasteiger partial charge in [0.2, 0.25) is 0 Å². The molecular weight excluding hydrogens is 410 g/mol. The zero-order chi connectivity index (χ0) is 22.4. The average molecular weight is 444 g/mol. The van der Waals surface area contributed by atoms with Gasteiger partial charge in [0.1, 0.15) is 5.60 Å². The molecule has 7 heteroatoms. The van der Waals surface area contributed by atoms with E-state index < -0.39 is 11.7 Å². The number of ether oxygens (including phenoxy) is 3. The van der Waals surface area contributed by atoms with E-state index in [0.29, 0.717) is 31.6 Å². The zero-order valence-corrected chi connectivity index (χ0v) is 18.4. The highest BCUT2D eigenvalue weighted by atomic mass is 16.6. The van der Waals surface area contributed by atoms with E-state index in [0.717, 1.165) is 57.7 Å². The van der Waals surface area contributed by atoms with Gasteiger partial charge >= 0.3 is 6.09 Å². The summed E-state index contributed by atoms with van der Waals surface area (Å²) in [6.07, 6.45) is 4.84. The fourth-order valence-corrected chi connectivity index (χ4v) is 5.14. The van der Waals surface area contributed by atoms with E-state index in [4.69, 9.17) is 14.2 Å². The third-order valence-corrected chi connectivity index (χ3v) is 6.82. The predicted octanol–water partition coefficient (Wildman–Crippen LogP) is 2.90. The Labute approximate surface area is 189 Å². The molecule has 4 fully saturated rings. The molecule has 5 atom stereocenters. The van der Waals surface area contributed by atoms with Crippen molar-refractivity contribution in [3.63, 3.8) is 0 Å². The van der Waals surface area contributed by atoms with E-state index in [1.165, 1.54) is 4.90 Å². The number of nitrogens with zero attached hydrogens (tertiary/aromatic N) is 1. The first-order chi connectivity index (χ1) is 15.5. The Morgan fingerprint density at radius 1 is 1.06 bits per heavy atom. The lowest BCUT2D eigenvalue weighted by atomic mass is 9.73. The minimum Gasteiger partial charge on any atom is -0.465 e. The van der Waals surface area contributed by atoms with E-state index in [-0.39, 0.29) is 12.0 Å². The standard InChI is InChI=1S/C17H19NO3.C8H14O3/c19-16(20)18-12-9-14-15(18)7-4-10-17(14,21)11-8-13-5-2-1-3-6-13;1-3-9-5-7(1)11-8-2-4-10-6-8/h1-3,5-6,14-15,21H,4,7,9-10,12H2,(H,19,20);7-8H,1-6H2/t;7-,8-/m.1/s1. The van der Waals surface area contributed by atoms with E-state index in [9.17, 15) is 15.0 Å². The maximum absolute atomic E-state index is 11.3. The summed E-state index contributed by atoms with van der Waals surface area (Å²) in [5.41, 5.74) is -0.190. The molecule has 1 amide bonds. The third kappa shape index (κ3) is 5.62. The first kappa shape index (κ1) is 23.1. The van der Waals surface area contributed by atoms with Crippen molar-refractivity contribution in [2.75, 3.05) is 33.0 Å². The number of aliphatic hydroxyl groups is 1. The van der Waals surface area contributed by atoms with Crippen LogP contribution >= 0.6 is 0 Å². The van der Waals surface area contributed by atoms with Crippen LogP contribution in [0.2, 0.25) is 0 Å². The van der Waals surface area contributed by atoms with Crippen LogP contribution in [0.3, 0.4) is 0 Å². The lowest BCUT2D eigenvalue weighted by Crippen LogP contribution is -2.49. The van der Waals surface area contributed by atoms with Crippen molar-refractivity contribution in [3.8, 4) is 11.8 Å². The lowest BCUT2D eigenvalue weighted by molar-refractivity contribution is -0.0186. The Bertz CT molecular complexity index is 795. The molecule has 1 aromatic carbocycles. The normalized spacial score (nSPS) is 33.6. The minimum atomic E-state index is -1.07. The topological polar surface area (TPSA) is 88.5 Å². The Morgan fingerprint density at radius 2 is 1.75 bits per heavy atom. The van der Waals surface area contributed by atoms with E-state index in [2.05, 4.69) is 11.8 Å². The molecule has 1 saturated carbocycles. The molecule has 3 heterocycles. The second kappa shape index (κ2) is 10.7. The highest BCUT2D eigenvalue weighted by Gasteiger charge is 2.50. The van der Waals surface area contributed by atoms with Crippen LogP contribution in [-0.2, 0) is 14.2 Å². The van der Waals surface area contributed by atoms with Crippen LogP contribution in [0.1, 0.15) is 44.1 Å². The second-order valence-corrected chi connectivity index (χ2v) is 8.98. The fraction of sp³-hybridized carbons (Fsp3) is 0.640. The summed E-state index contributed by atoms with van der Waals surface area (Å²) in [5, 5.41) is 20.1. The fourth-order valence-electron chi connectivity index (χ4n) is 5.14. The molecule has 4 aliphatic rings. The molecule has 32 heavy (non-hydrogen) atoms.